The van der Waals surface area contributed by atoms with Crippen LogP contribution in [-0.2, 0) is 22.6 Å². The van der Waals surface area contributed by atoms with Crippen molar-refractivity contribution >= 4 is 16.9 Å². The normalized spacial score (nSPS) is 10.8. The Morgan fingerprint density at radius 2 is 1.58 bits per heavy atom. The smallest absolute Gasteiger partial charge is 0.310 e. The van der Waals surface area contributed by atoms with Crippen molar-refractivity contribution < 1.29 is 9.53 Å². The van der Waals surface area contributed by atoms with E-state index in [4.69, 9.17) is 4.74 Å². The number of esters is 1. The van der Waals surface area contributed by atoms with Gasteiger partial charge < -0.3 is 9.72 Å². The summed E-state index contributed by atoms with van der Waals surface area (Å²) in [5.41, 5.74) is 5.35. The van der Waals surface area contributed by atoms with Crippen LogP contribution in [-0.4, -0.2) is 11.0 Å². The molecule has 0 fully saturated rings. The summed E-state index contributed by atoms with van der Waals surface area (Å²) >= 11 is 0. The minimum Gasteiger partial charge on any atom is -0.461 e. The molecule has 0 aliphatic carbocycles. The molecule has 0 unspecified atom stereocenters. The van der Waals surface area contributed by atoms with Crippen LogP contribution >= 0.6 is 0 Å². The van der Waals surface area contributed by atoms with Gasteiger partial charge in [0, 0.05) is 11.7 Å². The van der Waals surface area contributed by atoms with Gasteiger partial charge >= 0.3 is 5.97 Å². The van der Waals surface area contributed by atoms with Crippen LogP contribution in [0, 0.1) is 0 Å². The summed E-state index contributed by atoms with van der Waals surface area (Å²) in [4.78, 5) is 15.3. The second-order valence-corrected chi connectivity index (χ2v) is 6.30. The van der Waals surface area contributed by atoms with E-state index in [0.717, 1.165) is 27.8 Å². The van der Waals surface area contributed by atoms with Gasteiger partial charge in [0.1, 0.15) is 6.61 Å². The molecular weight excluding hydrogens is 322 g/mol. The van der Waals surface area contributed by atoms with Gasteiger partial charge in [-0.2, -0.15) is 0 Å². The van der Waals surface area contributed by atoms with E-state index in [1.165, 1.54) is 5.39 Å². The monoisotopic (exact) mass is 341 g/mol. The zero-order valence-corrected chi connectivity index (χ0v) is 14.3. The molecule has 4 rings (SSSR count). The molecule has 0 aliphatic rings. The van der Waals surface area contributed by atoms with E-state index >= 15 is 0 Å². The number of benzene rings is 3. The lowest BCUT2D eigenvalue weighted by Gasteiger charge is -2.07. The van der Waals surface area contributed by atoms with E-state index in [2.05, 4.69) is 29.2 Å². The lowest BCUT2D eigenvalue weighted by atomic mass is 10.0. The highest BCUT2D eigenvalue weighted by atomic mass is 16.5. The summed E-state index contributed by atoms with van der Waals surface area (Å²) in [6.07, 6.45) is 2.22. The molecule has 0 bridgehead atoms. The Kier molecular flexibility index (Phi) is 4.52. The molecule has 128 valence electrons. The van der Waals surface area contributed by atoms with Crippen LogP contribution in [0.2, 0.25) is 0 Å². The molecule has 0 aliphatic heterocycles. The number of ether oxygens (including phenoxy) is 1. The molecule has 3 nitrogen and oxygen atoms in total. The average Bonchev–Trinajstić information content (AvgIpc) is 3.16. The number of fused-ring (bicyclic) bond motifs is 1. The molecule has 1 aromatic heterocycles. The van der Waals surface area contributed by atoms with E-state index < -0.39 is 0 Å². The molecule has 0 saturated carbocycles. The predicted molar refractivity (Wildman–Crippen MR) is 104 cm³/mol. The average molecular weight is 341 g/mol. The Morgan fingerprint density at radius 3 is 2.38 bits per heavy atom. The molecule has 0 atom stereocenters. The summed E-state index contributed by atoms with van der Waals surface area (Å²) in [7, 11) is 0. The minimum absolute atomic E-state index is 0.214. The Labute approximate surface area is 152 Å². The third kappa shape index (κ3) is 3.67. The second-order valence-electron chi connectivity index (χ2n) is 6.30. The minimum atomic E-state index is -0.214. The van der Waals surface area contributed by atoms with E-state index in [0.29, 0.717) is 6.61 Å². The van der Waals surface area contributed by atoms with Crippen LogP contribution < -0.4 is 0 Å². The van der Waals surface area contributed by atoms with Gasteiger partial charge in [-0.25, -0.2) is 0 Å². The molecule has 3 heteroatoms. The van der Waals surface area contributed by atoms with Gasteiger partial charge in [-0.15, -0.1) is 0 Å². The standard InChI is InChI=1S/C23H19NO2/c25-23(26-16-18-4-2-1-3-5-18)14-17-6-8-19(9-7-17)21-11-10-20-12-13-24-22(20)15-21/h1-13,15,24H,14,16H2. The predicted octanol–water partition coefficient (Wildman–Crippen LogP) is 5.12. The summed E-state index contributed by atoms with van der Waals surface area (Å²) < 4.78 is 5.34. The number of H-pyrrole nitrogens is 1. The highest BCUT2D eigenvalue weighted by Gasteiger charge is 2.06. The van der Waals surface area contributed by atoms with Crippen LogP contribution in [0.1, 0.15) is 11.1 Å². The summed E-state index contributed by atoms with van der Waals surface area (Å²) in [5, 5.41) is 1.20. The number of aromatic amines is 1. The van der Waals surface area contributed by atoms with Crippen molar-refractivity contribution in [1.29, 1.82) is 0 Å². The molecule has 1 N–H and O–H groups in total. The number of carbonyl (C=O) groups is 1. The molecular formula is C23H19NO2. The van der Waals surface area contributed by atoms with Gasteiger partial charge in [0.2, 0.25) is 0 Å². The molecule has 0 radical (unpaired) electrons. The first kappa shape index (κ1) is 16.2. The molecule has 26 heavy (non-hydrogen) atoms. The van der Waals surface area contributed by atoms with Gasteiger partial charge in [0.15, 0.2) is 0 Å². The van der Waals surface area contributed by atoms with Gasteiger partial charge in [-0.3, -0.25) is 4.79 Å². The third-order valence-corrected chi connectivity index (χ3v) is 4.43. The first-order valence-electron chi connectivity index (χ1n) is 8.64. The van der Waals surface area contributed by atoms with E-state index in [-0.39, 0.29) is 12.4 Å². The van der Waals surface area contributed by atoms with Crippen molar-refractivity contribution in [3.05, 3.63) is 96.2 Å². The molecule has 4 aromatic rings. The summed E-state index contributed by atoms with van der Waals surface area (Å²) in [6, 6.07) is 26.2. The van der Waals surface area contributed by atoms with Crippen molar-refractivity contribution in [3.8, 4) is 11.1 Å². The number of hydrogen-bond acceptors (Lipinski definition) is 2. The summed E-state index contributed by atoms with van der Waals surface area (Å²) in [6.45, 7) is 0.313. The second kappa shape index (κ2) is 7.28. The van der Waals surface area contributed by atoms with Crippen LogP contribution in [0.25, 0.3) is 22.0 Å². The highest BCUT2D eigenvalue weighted by molar-refractivity contribution is 5.84. The lowest BCUT2D eigenvalue weighted by molar-refractivity contribution is -0.144. The molecule has 0 spiro atoms. The maximum Gasteiger partial charge on any atom is 0.310 e. The first-order chi connectivity index (χ1) is 12.8. The van der Waals surface area contributed by atoms with Gasteiger partial charge in [0.25, 0.3) is 0 Å². The Hall–Kier alpha value is -3.33. The number of rotatable bonds is 5. The quantitative estimate of drug-likeness (QED) is 0.512. The lowest BCUT2D eigenvalue weighted by Crippen LogP contribution is -2.07. The fraction of sp³-hybridized carbons (Fsp3) is 0.0870. The number of carbonyl (C=O) groups excluding carboxylic acids is 1. The number of hydrogen-bond donors (Lipinski definition) is 1. The van der Waals surface area contributed by atoms with Gasteiger partial charge in [0.05, 0.1) is 6.42 Å². The number of aromatic nitrogens is 1. The van der Waals surface area contributed by atoms with Gasteiger partial charge in [-0.05, 0) is 39.8 Å². The van der Waals surface area contributed by atoms with Crippen LogP contribution in [0.3, 0.4) is 0 Å². The Morgan fingerprint density at radius 1 is 0.808 bits per heavy atom. The first-order valence-corrected chi connectivity index (χ1v) is 8.64. The topological polar surface area (TPSA) is 42.1 Å². The maximum atomic E-state index is 12.0. The molecule has 3 aromatic carbocycles. The van der Waals surface area contributed by atoms with E-state index in [1.807, 2.05) is 60.8 Å². The van der Waals surface area contributed by atoms with Crippen LogP contribution in [0.4, 0.5) is 0 Å². The maximum absolute atomic E-state index is 12.0. The molecule has 1 heterocycles. The third-order valence-electron chi connectivity index (χ3n) is 4.43. The van der Waals surface area contributed by atoms with Crippen LogP contribution in [0.15, 0.2) is 85.1 Å². The Balaban J connectivity index is 1.40. The molecule has 0 amide bonds. The van der Waals surface area contributed by atoms with Crippen molar-refractivity contribution in [2.24, 2.45) is 0 Å². The fourth-order valence-corrected chi connectivity index (χ4v) is 3.00. The van der Waals surface area contributed by atoms with Crippen LogP contribution in [0.5, 0.6) is 0 Å². The number of nitrogens with one attached hydrogen (secondary N) is 1. The van der Waals surface area contributed by atoms with Gasteiger partial charge in [-0.1, -0.05) is 66.7 Å². The van der Waals surface area contributed by atoms with E-state index in [9.17, 15) is 4.79 Å². The summed E-state index contributed by atoms with van der Waals surface area (Å²) in [5.74, 6) is -0.214. The van der Waals surface area contributed by atoms with Crippen molar-refractivity contribution in [3.63, 3.8) is 0 Å². The molecule has 0 saturated heterocycles. The zero-order valence-electron chi connectivity index (χ0n) is 14.3. The van der Waals surface area contributed by atoms with E-state index in [1.54, 1.807) is 0 Å². The fourth-order valence-electron chi connectivity index (χ4n) is 3.00. The van der Waals surface area contributed by atoms with Crippen molar-refractivity contribution in [2.75, 3.05) is 0 Å². The SMILES string of the molecule is O=C(Cc1ccc(-c2ccc3cc[nH]c3c2)cc1)OCc1ccccc1. The van der Waals surface area contributed by atoms with Crippen molar-refractivity contribution in [1.82, 2.24) is 4.98 Å². The zero-order chi connectivity index (χ0) is 17.8. The highest BCUT2D eigenvalue weighted by Crippen LogP contribution is 2.24. The Bertz CT molecular complexity index is 1020. The largest absolute Gasteiger partial charge is 0.461 e. The van der Waals surface area contributed by atoms with Crippen molar-refractivity contribution in [2.45, 2.75) is 13.0 Å².